The van der Waals surface area contributed by atoms with E-state index < -0.39 is 34.4 Å². The first-order chi connectivity index (χ1) is 8.54. The van der Waals surface area contributed by atoms with Crippen molar-refractivity contribution in [1.82, 2.24) is 0 Å². The smallest absolute Gasteiger partial charge is 0.144 e. The van der Waals surface area contributed by atoms with E-state index in [-0.39, 0.29) is 5.56 Å². The van der Waals surface area contributed by atoms with E-state index in [1.807, 2.05) is 0 Å². The predicted octanol–water partition coefficient (Wildman–Crippen LogP) is 3.78. The number of benzene rings is 2. The van der Waals surface area contributed by atoms with E-state index in [2.05, 4.69) is 0 Å². The van der Waals surface area contributed by atoms with Crippen LogP contribution in [0.2, 0.25) is 0 Å². The molecule has 0 heterocycles. The average Bonchev–Trinajstić information content (AvgIpc) is 2.28. The van der Waals surface area contributed by atoms with Gasteiger partial charge in [-0.2, -0.15) is 5.26 Å². The van der Waals surface area contributed by atoms with E-state index in [9.17, 15) is 17.6 Å². The van der Waals surface area contributed by atoms with E-state index in [1.54, 1.807) is 0 Å². The van der Waals surface area contributed by atoms with Gasteiger partial charge in [-0.15, -0.1) is 0 Å². The third-order valence-electron chi connectivity index (χ3n) is 2.41. The average molecular weight is 251 g/mol. The Labute approximate surface area is 99.9 Å². The maximum atomic E-state index is 13.4. The fourth-order valence-corrected chi connectivity index (χ4v) is 1.60. The zero-order chi connectivity index (χ0) is 13.3. The van der Waals surface area contributed by atoms with E-state index in [4.69, 9.17) is 5.26 Å². The van der Waals surface area contributed by atoms with Crippen molar-refractivity contribution in [3.8, 4) is 17.2 Å². The van der Waals surface area contributed by atoms with Gasteiger partial charge in [-0.1, -0.05) is 6.07 Å². The van der Waals surface area contributed by atoms with Gasteiger partial charge >= 0.3 is 0 Å². The molecule has 0 aliphatic carbocycles. The lowest BCUT2D eigenvalue weighted by Gasteiger charge is -2.06. The Bertz CT molecular complexity index is 615. The van der Waals surface area contributed by atoms with Gasteiger partial charge < -0.3 is 0 Å². The molecule has 0 spiro atoms. The number of halogens is 4. The van der Waals surface area contributed by atoms with Crippen molar-refractivity contribution in [2.45, 2.75) is 0 Å². The summed E-state index contributed by atoms with van der Waals surface area (Å²) >= 11 is 0. The monoisotopic (exact) mass is 251 g/mol. The van der Waals surface area contributed by atoms with Crippen LogP contribution < -0.4 is 0 Å². The van der Waals surface area contributed by atoms with Crippen molar-refractivity contribution in [2.24, 2.45) is 0 Å². The molecule has 0 saturated carbocycles. The first-order valence-corrected chi connectivity index (χ1v) is 4.88. The second-order valence-corrected chi connectivity index (χ2v) is 3.52. The van der Waals surface area contributed by atoms with Gasteiger partial charge in [0.05, 0.1) is 5.56 Å². The number of hydrogen-bond donors (Lipinski definition) is 0. The third kappa shape index (κ3) is 1.93. The van der Waals surface area contributed by atoms with Crippen LogP contribution in [-0.2, 0) is 0 Å². The SMILES string of the molecule is N#Cc1c(F)cc(-c2c(F)cccc2F)cc1F. The molecule has 2 rings (SSSR count). The molecule has 90 valence electrons. The highest BCUT2D eigenvalue weighted by Gasteiger charge is 2.16. The fourth-order valence-electron chi connectivity index (χ4n) is 1.60. The van der Waals surface area contributed by atoms with Crippen LogP contribution in [0, 0.1) is 34.6 Å². The molecule has 0 unspecified atom stereocenters. The molecule has 2 aromatic carbocycles. The Balaban J connectivity index is 2.71. The van der Waals surface area contributed by atoms with Crippen LogP contribution >= 0.6 is 0 Å². The molecule has 0 aromatic heterocycles. The van der Waals surface area contributed by atoms with Gasteiger partial charge in [0.1, 0.15) is 34.9 Å². The molecule has 0 saturated heterocycles. The van der Waals surface area contributed by atoms with E-state index in [1.165, 1.54) is 6.07 Å². The quantitative estimate of drug-likeness (QED) is 0.707. The normalized spacial score (nSPS) is 10.2. The highest BCUT2D eigenvalue weighted by Crippen LogP contribution is 2.28. The largest absolute Gasteiger partial charge is 0.206 e. The topological polar surface area (TPSA) is 23.8 Å². The van der Waals surface area contributed by atoms with Gasteiger partial charge in [0, 0.05) is 0 Å². The molecule has 0 N–H and O–H groups in total. The predicted molar refractivity (Wildman–Crippen MR) is 56.4 cm³/mol. The van der Waals surface area contributed by atoms with Gasteiger partial charge in [-0.05, 0) is 29.8 Å². The maximum Gasteiger partial charge on any atom is 0.144 e. The molecule has 0 aliphatic heterocycles. The van der Waals surface area contributed by atoms with Crippen molar-refractivity contribution >= 4 is 0 Å². The molecular formula is C13H5F4N. The zero-order valence-electron chi connectivity index (χ0n) is 8.85. The lowest BCUT2D eigenvalue weighted by atomic mass is 10.0. The standard InChI is InChI=1S/C13H5F4N/c14-9-2-1-3-10(15)13(9)7-4-11(16)8(6-18)12(17)5-7/h1-5H. The van der Waals surface area contributed by atoms with Crippen LogP contribution in [0.1, 0.15) is 5.56 Å². The van der Waals surface area contributed by atoms with Gasteiger partial charge in [0.2, 0.25) is 0 Å². The molecule has 2 aromatic rings. The first kappa shape index (κ1) is 12.1. The molecule has 0 radical (unpaired) electrons. The Kier molecular flexibility index (Phi) is 3.02. The van der Waals surface area contributed by atoms with Crippen LogP contribution in [0.25, 0.3) is 11.1 Å². The minimum absolute atomic E-state index is 0.292. The summed E-state index contributed by atoms with van der Waals surface area (Å²) < 4.78 is 53.6. The zero-order valence-corrected chi connectivity index (χ0v) is 8.85. The number of nitrogens with zero attached hydrogens (tertiary/aromatic N) is 1. The highest BCUT2D eigenvalue weighted by molar-refractivity contribution is 5.66. The Hall–Kier alpha value is -2.35. The summed E-state index contributed by atoms with van der Waals surface area (Å²) in [6.07, 6.45) is 0. The maximum absolute atomic E-state index is 13.4. The summed E-state index contributed by atoms with van der Waals surface area (Å²) in [6.45, 7) is 0. The summed E-state index contributed by atoms with van der Waals surface area (Å²) in [5.41, 5.74) is -1.60. The number of hydrogen-bond acceptors (Lipinski definition) is 1. The van der Waals surface area contributed by atoms with Crippen LogP contribution in [0.15, 0.2) is 30.3 Å². The lowest BCUT2D eigenvalue weighted by molar-refractivity contribution is 0.573. The molecule has 0 amide bonds. The van der Waals surface area contributed by atoms with Crippen LogP contribution in [0.4, 0.5) is 17.6 Å². The van der Waals surface area contributed by atoms with Gasteiger partial charge in [0.25, 0.3) is 0 Å². The van der Waals surface area contributed by atoms with Gasteiger partial charge in [-0.25, -0.2) is 17.6 Å². The van der Waals surface area contributed by atoms with Crippen molar-refractivity contribution in [3.63, 3.8) is 0 Å². The molecule has 1 nitrogen and oxygen atoms in total. The summed E-state index contributed by atoms with van der Waals surface area (Å²) in [4.78, 5) is 0. The van der Waals surface area contributed by atoms with E-state index in [0.29, 0.717) is 0 Å². The van der Waals surface area contributed by atoms with Gasteiger partial charge in [0.15, 0.2) is 0 Å². The van der Waals surface area contributed by atoms with Crippen LogP contribution in [0.3, 0.4) is 0 Å². The van der Waals surface area contributed by atoms with Crippen LogP contribution in [-0.4, -0.2) is 0 Å². The number of nitriles is 1. The fraction of sp³-hybridized carbons (Fsp3) is 0. The Morgan fingerprint density at radius 1 is 0.833 bits per heavy atom. The van der Waals surface area contributed by atoms with Crippen molar-refractivity contribution in [1.29, 1.82) is 5.26 Å². The highest BCUT2D eigenvalue weighted by atomic mass is 19.1. The Morgan fingerprint density at radius 3 is 1.78 bits per heavy atom. The molecular weight excluding hydrogens is 246 g/mol. The molecule has 0 bridgehead atoms. The molecule has 0 fully saturated rings. The van der Waals surface area contributed by atoms with Crippen LogP contribution in [0.5, 0.6) is 0 Å². The molecule has 0 atom stereocenters. The summed E-state index contributed by atoms with van der Waals surface area (Å²) in [5.74, 6) is -4.18. The second kappa shape index (κ2) is 4.49. The lowest BCUT2D eigenvalue weighted by Crippen LogP contribution is -1.95. The summed E-state index contributed by atoms with van der Waals surface area (Å²) in [7, 11) is 0. The molecule has 18 heavy (non-hydrogen) atoms. The van der Waals surface area contributed by atoms with E-state index in [0.717, 1.165) is 30.3 Å². The minimum Gasteiger partial charge on any atom is -0.206 e. The third-order valence-corrected chi connectivity index (χ3v) is 2.41. The molecule has 5 heteroatoms. The van der Waals surface area contributed by atoms with E-state index >= 15 is 0 Å². The Morgan fingerprint density at radius 2 is 1.33 bits per heavy atom. The summed E-state index contributed by atoms with van der Waals surface area (Å²) in [5, 5.41) is 8.49. The minimum atomic E-state index is -1.16. The van der Waals surface area contributed by atoms with Gasteiger partial charge in [-0.3, -0.25) is 0 Å². The number of rotatable bonds is 1. The van der Waals surface area contributed by atoms with Crippen molar-refractivity contribution < 1.29 is 17.6 Å². The summed E-state index contributed by atoms with van der Waals surface area (Å²) in [6, 6.07) is 5.89. The second-order valence-electron chi connectivity index (χ2n) is 3.52. The van der Waals surface area contributed by atoms with Crippen molar-refractivity contribution in [3.05, 3.63) is 59.2 Å². The van der Waals surface area contributed by atoms with Crippen molar-refractivity contribution in [2.75, 3.05) is 0 Å². The molecule has 0 aliphatic rings. The first-order valence-electron chi connectivity index (χ1n) is 4.88.